The van der Waals surface area contributed by atoms with Gasteiger partial charge in [-0.1, -0.05) is 13.8 Å². The van der Waals surface area contributed by atoms with Gasteiger partial charge in [-0.25, -0.2) is 4.79 Å². The number of rotatable bonds is 5. The van der Waals surface area contributed by atoms with E-state index in [9.17, 15) is 19.2 Å². The number of hydrogen-bond acceptors (Lipinski definition) is 4. The van der Waals surface area contributed by atoms with Gasteiger partial charge in [-0.15, -0.1) is 0 Å². The molecule has 1 aromatic heterocycles. The quantitative estimate of drug-likeness (QED) is 0.775. The summed E-state index contributed by atoms with van der Waals surface area (Å²) in [5.41, 5.74) is -2.04. The number of ketones is 1. The minimum absolute atomic E-state index is 0.0766. The molecule has 0 amide bonds. The number of carboxylic acids is 1. The fraction of sp³-hybridized carbons (Fsp3) is 0.538. The number of aromatic nitrogens is 2. The Balaban J connectivity index is 3.15. The predicted octanol–water partition coefficient (Wildman–Crippen LogP) is 0.158. The molecule has 1 N–H and O–H groups in total. The predicted molar refractivity (Wildman–Crippen MR) is 71.9 cm³/mol. The first-order chi connectivity index (χ1) is 9.05. The van der Waals surface area contributed by atoms with Crippen molar-refractivity contribution in [3.8, 4) is 0 Å². The molecule has 0 saturated carbocycles. The summed E-state index contributed by atoms with van der Waals surface area (Å²) in [4.78, 5) is 46.3. The fourth-order valence-electron chi connectivity index (χ4n) is 2.00. The van der Waals surface area contributed by atoms with Crippen LogP contribution in [0.4, 0.5) is 0 Å². The van der Waals surface area contributed by atoms with Crippen LogP contribution >= 0.6 is 0 Å². The van der Waals surface area contributed by atoms with Crippen molar-refractivity contribution in [2.45, 2.75) is 26.7 Å². The topological polar surface area (TPSA) is 98.4 Å². The molecule has 1 rings (SSSR count). The van der Waals surface area contributed by atoms with Crippen molar-refractivity contribution in [2.24, 2.45) is 19.5 Å². The van der Waals surface area contributed by atoms with Crippen LogP contribution in [0.15, 0.2) is 15.8 Å². The van der Waals surface area contributed by atoms with E-state index < -0.39 is 28.4 Å². The number of nitrogens with zero attached hydrogens (tertiary/aromatic N) is 2. The highest BCUT2D eigenvalue weighted by molar-refractivity contribution is 5.96. The standard InChI is InChI=1S/C13H18N2O5/c1-13(2,6-10(17)18)5-9(16)8-7-14(3)12(20)15(4)11(8)19/h7H,5-6H2,1-4H3,(H,17,18). The number of aryl methyl sites for hydroxylation is 1. The average Bonchev–Trinajstić information content (AvgIpc) is 2.28. The Morgan fingerprint density at radius 2 is 1.75 bits per heavy atom. The maximum atomic E-state index is 12.2. The van der Waals surface area contributed by atoms with Crippen LogP contribution in [0, 0.1) is 5.41 Å². The molecule has 0 unspecified atom stereocenters. The first-order valence-electron chi connectivity index (χ1n) is 6.07. The van der Waals surface area contributed by atoms with Crippen LogP contribution in [-0.2, 0) is 18.9 Å². The highest BCUT2D eigenvalue weighted by Gasteiger charge is 2.27. The molecule has 1 heterocycles. The van der Waals surface area contributed by atoms with Gasteiger partial charge in [0, 0.05) is 26.7 Å². The van der Waals surface area contributed by atoms with Crippen molar-refractivity contribution in [1.29, 1.82) is 0 Å². The van der Waals surface area contributed by atoms with Crippen LogP contribution in [0.1, 0.15) is 37.0 Å². The summed E-state index contributed by atoms with van der Waals surface area (Å²) < 4.78 is 2.01. The highest BCUT2D eigenvalue weighted by Crippen LogP contribution is 2.26. The van der Waals surface area contributed by atoms with Crippen molar-refractivity contribution in [3.05, 3.63) is 32.6 Å². The molecule has 0 aliphatic rings. The summed E-state index contributed by atoms with van der Waals surface area (Å²) in [5.74, 6) is -1.47. The van der Waals surface area contributed by atoms with Crippen molar-refractivity contribution in [3.63, 3.8) is 0 Å². The number of hydrogen-bond donors (Lipinski definition) is 1. The van der Waals surface area contributed by atoms with Crippen molar-refractivity contribution in [1.82, 2.24) is 9.13 Å². The van der Waals surface area contributed by atoms with Gasteiger partial charge in [0.2, 0.25) is 0 Å². The van der Waals surface area contributed by atoms with Crippen LogP contribution in [-0.4, -0.2) is 26.0 Å². The van der Waals surface area contributed by atoms with Gasteiger partial charge in [-0.2, -0.15) is 0 Å². The van der Waals surface area contributed by atoms with Gasteiger partial charge in [0.25, 0.3) is 5.56 Å². The molecule has 0 saturated heterocycles. The molecule has 7 nitrogen and oxygen atoms in total. The Kier molecular flexibility index (Phi) is 4.32. The fourth-order valence-corrected chi connectivity index (χ4v) is 2.00. The lowest BCUT2D eigenvalue weighted by Gasteiger charge is -2.21. The number of carboxylic acid groups (broad SMARTS) is 1. The van der Waals surface area contributed by atoms with Gasteiger partial charge < -0.3 is 9.67 Å². The third kappa shape index (κ3) is 3.43. The second-order valence-electron chi connectivity index (χ2n) is 5.64. The van der Waals surface area contributed by atoms with Gasteiger partial charge in [-0.3, -0.25) is 19.0 Å². The van der Waals surface area contributed by atoms with Crippen molar-refractivity contribution in [2.75, 3.05) is 0 Å². The summed E-state index contributed by atoms with van der Waals surface area (Å²) in [6.45, 7) is 3.29. The van der Waals surface area contributed by atoms with E-state index in [1.54, 1.807) is 13.8 Å². The normalized spacial score (nSPS) is 11.4. The number of carbonyl (C=O) groups excluding carboxylic acids is 1. The minimum Gasteiger partial charge on any atom is -0.481 e. The Labute approximate surface area is 115 Å². The van der Waals surface area contributed by atoms with E-state index in [2.05, 4.69) is 0 Å². The number of aliphatic carboxylic acids is 1. The van der Waals surface area contributed by atoms with E-state index in [-0.39, 0.29) is 18.4 Å². The first kappa shape index (κ1) is 15.9. The van der Waals surface area contributed by atoms with Crippen LogP contribution in [0.5, 0.6) is 0 Å². The summed E-state index contributed by atoms with van der Waals surface area (Å²) in [6, 6.07) is 0. The van der Waals surface area contributed by atoms with Gasteiger partial charge in [-0.05, 0) is 5.41 Å². The van der Waals surface area contributed by atoms with E-state index >= 15 is 0 Å². The Morgan fingerprint density at radius 1 is 1.20 bits per heavy atom. The third-order valence-electron chi connectivity index (χ3n) is 3.02. The molecule has 20 heavy (non-hydrogen) atoms. The molecular formula is C13H18N2O5. The molecule has 0 bridgehead atoms. The maximum Gasteiger partial charge on any atom is 0.330 e. The van der Waals surface area contributed by atoms with Crippen LogP contribution in [0.3, 0.4) is 0 Å². The van der Waals surface area contributed by atoms with Crippen molar-refractivity contribution >= 4 is 11.8 Å². The number of Topliss-reactive ketones (excluding diaryl/α,β-unsaturated/α-hetero) is 1. The van der Waals surface area contributed by atoms with Gasteiger partial charge >= 0.3 is 11.7 Å². The van der Waals surface area contributed by atoms with E-state index in [0.29, 0.717) is 0 Å². The van der Waals surface area contributed by atoms with Crippen LogP contribution in [0.25, 0.3) is 0 Å². The second kappa shape index (κ2) is 5.44. The smallest absolute Gasteiger partial charge is 0.330 e. The SMILES string of the molecule is Cn1cc(C(=O)CC(C)(C)CC(=O)O)c(=O)n(C)c1=O. The molecule has 0 atom stereocenters. The Morgan fingerprint density at radius 3 is 2.25 bits per heavy atom. The highest BCUT2D eigenvalue weighted by atomic mass is 16.4. The Bertz CT molecular complexity index is 666. The van der Waals surface area contributed by atoms with Crippen molar-refractivity contribution < 1.29 is 14.7 Å². The Hall–Kier alpha value is -2.18. The molecule has 0 aliphatic heterocycles. The van der Waals surface area contributed by atoms with E-state index in [4.69, 9.17) is 5.11 Å². The molecule has 110 valence electrons. The summed E-state index contributed by atoms with van der Waals surface area (Å²) >= 11 is 0. The monoisotopic (exact) mass is 282 g/mol. The lowest BCUT2D eigenvalue weighted by molar-refractivity contribution is -0.139. The molecule has 0 aromatic carbocycles. The number of carbonyl (C=O) groups is 2. The van der Waals surface area contributed by atoms with Crippen LogP contribution < -0.4 is 11.2 Å². The largest absolute Gasteiger partial charge is 0.481 e. The summed E-state index contributed by atoms with van der Waals surface area (Å²) in [6.07, 6.45) is 0.946. The van der Waals surface area contributed by atoms with E-state index in [1.807, 2.05) is 0 Å². The molecule has 0 fully saturated rings. The summed E-state index contributed by atoms with van der Waals surface area (Å²) in [5, 5.41) is 8.79. The maximum absolute atomic E-state index is 12.2. The molecule has 1 aromatic rings. The zero-order valence-electron chi connectivity index (χ0n) is 12.0. The molecule has 0 aliphatic carbocycles. The molecule has 0 spiro atoms. The molecule has 0 radical (unpaired) electrons. The molecular weight excluding hydrogens is 264 g/mol. The van der Waals surface area contributed by atoms with Gasteiger partial charge in [0.1, 0.15) is 0 Å². The minimum atomic E-state index is -1.00. The third-order valence-corrected chi connectivity index (χ3v) is 3.02. The second-order valence-corrected chi connectivity index (χ2v) is 5.64. The lowest BCUT2D eigenvalue weighted by Crippen LogP contribution is -2.40. The van der Waals surface area contributed by atoms with Gasteiger partial charge in [0.05, 0.1) is 12.0 Å². The first-order valence-corrected chi connectivity index (χ1v) is 6.07. The van der Waals surface area contributed by atoms with E-state index in [1.165, 1.54) is 20.3 Å². The van der Waals surface area contributed by atoms with Crippen LogP contribution in [0.2, 0.25) is 0 Å². The van der Waals surface area contributed by atoms with E-state index in [0.717, 1.165) is 9.13 Å². The average molecular weight is 282 g/mol. The zero-order valence-corrected chi connectivity index (χ0v) is 12.0. The molecule has 7 heteroatoms. The summed E-state index contributed by atoms with van der Waals surface area (Å²) in [7, 11) is 2.74. The lowest BCUT2D eigenvalue weighted by atomic mass is 9.83. The van der Waals surface area contributed by atoms with Gasteiger partial charge in [0.15, 0.2) is 5.78 Å². The zero-order chi connectivity index (χ0) is 15.7.